The van der Waals surface area contributed by atoms with E-state index in [-0.39, 0.29) is 0 Å². The largest absolute Gasteiger partial charge is 0.339 e. The van der Waals surface area contributed by atoms with Gasteiger partial charge in [0.15, 0.2) is 17.5 Å². The highest BCUT2D eigenvalue weighted by Gasteiger charge is 2.29. The molecule has 2 aliphatic heterocycles. The van der Waals surface area contributed by atoms with Gasteiger partial charge in [-0.1, -0.05) is 0 Å². The van der Waals surface area contributed by atoms with Crippen molar-refractivity contribution in [1.82, 2.24) is 34.9 Å². The van der Waals surface area contributed by atoms with Gasteiger partial charge in [0.2, 0.25) is 0 Å². The van der Waals surface area contributed by atoms with Crippen LogP contribution in [0.1, 0.15) is 89.0 Å². The van der Waals surface area contributed by atoms with E-state index in [2.05, 4.69) is 127 Å². The quantitative estimate of drug-likeness (QED) is 0.161. The summed E-state index contributed by atoms with van der Waals surface area (Å²) in [5.74, 6) is 2.06. The molecule has 9 rings (SSSR count). The highest BCUT2D eigenvalue weighted by Crippen LogP contribution is 2.46. The van der Waals surface area contributed by atoms with Crippen molar-refractivity contribution < 1.29 is 0 Å². The highest BCUT2D eigenvalue weighted by molar-refractivity contribution is 6.12. The summed E-state index contributed by atoms with van der Waals surface area (Å²) in [5.41, 5.74) is 28.3. The molecule has 0 unspecified atom stereocenters. The minimum absolute atomic E-state index is 0.666. The molecular weight excluding hydrogens is 687 g/mol. The molecule has 7 aromatic rings. The van der Waals surface area contributed by atoms with E-state index in [0.29, 0.717) is 17.5 Å². The number of hydrogen-bond donors (Lipinski definition) is 2. The fourth-order valence-electron chi connectivity index (χ4n) is 9.72. The first-order valence-corrected chi connectivity index (χ1v) is 19.8. The van der Waals surface area contributed by atoms with E-state index in [1.807, 2.05) is 0 Å². The molecule has 3 aromatic heterocycles. The summed E-state index contributed by atoms with van der Waals surface area (Å²) in [6.07, 6.45) is 0. The molecule has 56 heavy (non-hydrogen) atoms. The van der Waals surface area contributed by atoms with E-state index in [0.717, 1.165) is 66.6 Å². The van der Waals surface area contributed by atoms with Crippen LogP contribution in [0.4, 0.5) is 0 Å². The first-order chi connectivity index (χ1) is 26.4. The Morgan fingerprint density at radius 1 is 0.286 bits per heavy atom. The minimum atomic E-state index is 0.666. The van der Waals surface area contributed by atoms with Crippen LogP contribution in [0.15, 0.2) is 6.07 Å². The summed E-state index contributed by atoms with van der Waals surface area (Å²) < 4.78 is 0. The average Bonchev–Trinajstić information content (AvgIpc) is 3.92. The van der Waals surface area contributed by atoms with Crippen LogP contribution in [0.3, 0.4) is 0 Å². The molecule has 282 valence electrons. The lowest BCUT2D eigenvalue weighted by Crippen LogP contribution is -1.98. The van der Waals surface area contributed by atoms with Crippen molar-refractivity contribution in [3.63, 3.8) is 0 Å². The molecular formula is C49H51N7. The van der Waals surface area contributed by atoms with Gasteiger partial charge in [-0.15, -0.1) is 0 Å². The first-order valence-electron chi connectivity index (χ1n) is 19.8. The van der Waals surface area contributed by atoms with Crippen molar-refractivity contribution in [2.45, 2.75) is 111 Å². The fourth-order valence-corrected chi connectivity index (χ4v) is 9.72. The Labute approximate surface area is 329 Å². The number of aromatic nitrogens is 7. The van der Waals surface area contributed by atoms with Gasteiger partial charge < -0.3 is 9.97 Å². The second kappa shape index (κ2) is 11.9. The van der Waals surface area contributed by atoms with Crippen molar-refractivity contribution in [3.8, 4) is 45.4 Å². The third-order valence-corrected chi connectivity index (χ3v) is 14.5. The first kappa shape index (κ1) is 36.0. The van der Waals surface area contributed by atoms with Gasteiger partial charge in [0.1, 0.15) is 16.9 Å². The number of benzene rings is 4. The van der Waals surface area contributed by atoms with E-state index in [4.69, 9.17) is 24.9 Å². The topological polar surface area (TPSA) is 96.0 Å². The lowest BCUT2D eigenvalue weighted by atomic mass is 9.88. The van der Waals surface area contributed by atoms with E-state index >= 15 is 0 Å². The van der Waals surface area contributed by atoms with Gasteiger partial charge >= 0.3 is 0 Å². The predicted molar refractivity (Wildman–Crippen MR) is 234 cm³/mol. The van der Waals surface area contributed by atoms with Gasteiger partial charge in [-0.25, -0.2) is 24.9 Å². The predicted octanol–water partition coefficient (Wildman–Crippen LogP) is 12.4. The Kier molecular flexibility index (Phi) is 7.65. The normalized spacial score (nSPS) is 12.3. The molecule has 0 spiro atoms. The standard InChI is InChI=1S/C49H51N7/c1-18-20(3)28(11)38-36(26(18)9)34-17-35-37-27(10)19(2)21(4)29(12)39(37)45(51-35)53-47-41-31(14)23(6)25(8)33(16)43(41)49(55-47)56-48-42-32(15)24(7)22(5)30(13)40(42)46(54-48)52-44(38)50-34/h17H,1-16H3,(H2,50,51,52,53,54,55,56). The van der Waals surface area contributed by atoms with Crippen molar-refractivity contribution in [2.24, 2.45) is 0 Å². The number of hydrogen-bond acceptors (Lipinski definition) is 5. The molecule has 0 saturated carbocycles. The Bertz CT molecular complexity index is 2770. The number of rotatable bonds is 0. The molecule has 0 aliphatic carbocycles. The van der Waals surface area contributed by atoms with Gasteiger partial charge in [0.05, 0.1) is 11.2 Å². The maximum absolute atomic E-state index is 5.52. The highest BCUT2D eigenvalue weighted by atomic mass is 15.0. The summed E-state index contributed by atoms with van der Waals surface area (Å²) >= 11 is 0. The third-order valence-electron chi connectivity index (χ3n) is 14.5. The SMILES string of the molecule is Cc1c(C)c(C)c2c(c1C)-c1cc3[nH]c(nc4nc(nc5[nH]c(nc-2n1)c1c(C)c(C)c(C)c(C)c51)-c1c(C)c(C)c(C)c(C)c1-4)c1c(C)c(C)c(C)c(C)c31. The monoisotopic (exact) mass is 737 g/mol. The summed E-state index contributed by atoms with van der Waals surface area (Å²) in [7, 11) is 0. The van der Waals surface area contributed by atoms with Gasteiger partial charge in [0.25, 0.3) is 0 Å². The summed E-state index contributed by atoms with van der Waals surface area (Å²) in [4.78, 5) is 34.9. The molecule has 0 saturated heterocycles. The van der Waals surface area contributed by atoms with Crippen LogP contribution in [0.5, 0.6) is 0 Å². The number of fused-ring (bicyclic) bond motifs is 20. The second-order valence-corrected chi connectivity index (χ2v) is 16.8. The second-order valence-electron chi connectivity index (χ2n) is 16.8. The molecule has 8 bridgehead atoms. The maximum Gasteiger partial charge on any atom is 0.165 e. The molecule has 0 atom stereocenters. The minimum Gasteiger partial charge on any atom is -0.339 e. The fraction of sp³-hybridized carbons (Fsp3) is 0.327. The number of nitrogens with one attached hydrogen (secondary N) is 2. The number of aryl methyl sites for hydroxylation is 4. The Balaban J connectivity index is 1.61. The van der Waals surface area contributed by atoms with E-state index in [9.17, 15) is 0 Å². The van der Waals surface area contributed by atoms with Crippen LogP contribution < -0.4 is 0 Å². The van der Waals surface area contributed by atoms with Crippen LogP contribution in [-0.2, 0) is 0 Å². The van der Waals surface area contributed by atoms with Crippen molar-refractivity contribution in [1.29, 1.82) is 0 Å². The van der Waals surface area contributed by atoms with Gasteiger partial charge in [-0.2, -0.15) is 0 Å². The Morgan fingerprint density at radius 2 is 0.589 bits per heavy atom. The number of nitrogens with zero attached hydrogens (tertiary/aromatic N) is 5. The Morgan fingerprint density at radius 3 is 1.02 bits per heavy atom. The molecule has 2 N–H and O–H groups in total. The molecule has 0 radical (unpaired) electrons. The Hall–Kier alpha value is -5.69. The summed E-state index contributed by atoms with van der Waals surface area (Å²) in [5, 5.41) is 4.43. The summed E-state index contributed by atoms with van der Waals surface area (Å²) in [6, 6.07) is 2.23. The molecule has 7 nitrogen and oxygen atoms in total. The lowest BCUT2D eigenvalue weighted by molar-refractivity contribution is 1.20. The van der Waals surface area contributed by atoms with Crippen LogP contribution >= 0.6 is 0 Å². The van der Waals surface area contributed by atoms with E-state index in [1.54, 1.807) is 0 Å². The molecule has 2 aliphatic rings. The third kappa shape index (κ3) is 4.54. The van der Waals surface area contributed by atoms with Crippen LogP contribution in [-0.4, -0.2) is 34.9 Å². The molecule has 7 heteroatoms. The number of aromatic amines is 2. The number of H-pyrrole nitrogens is 2. The van der Waals surface area contributed by atoms with Crippen LogP contribution in [0.2, 0.25) is 0 Å². The van der Waals surface area contributed by atoms with Crippen molar-refractivity contribution in [2.75, 3.05) is 0 Å². The maximum atomic E-state index is 5.52. The van der Waals surface area contributed by atoms with E-state index < -0.39 is 0 Å². The molecule has 4 aromatic carbocycles. The summed E-state index contributed by atoms with van der Waals surface area (Å²) in [6.45, 7) is 35.4. The van der Waals surface area contributed by atoms with Crippen LogP contribution in [0.25, 0.3) is 89.4 Å². The van der Waals surface area contributed by atoms with Crippen LogP contribution in [0, 0.1) is 111 Å². The zero-order valence-electron chi connectivity index (χ0n) is 35.8. The molecule has 0 fully saturated rings. The van der Waals surface area contributed by atoms with Crippen molar-refractivity contribution in [3.05, 3.63) is 95.1 Å². The zero-order chi connectivity index (χ0) is 40.1. The van der Waals surface area contributed by atoms with E-state index in [1.165, 1.54) is 94.4 Å². The van der Waals surface area contributed by atoms with Gasteiger partial charge in [-0.05, 0) is 206 Å². The van der Waals surface area contributed by atoms with Crippen molar-refractivity contribution >= 4 is 44.0 Å². The van der Waals surface area contributed by atoms with Gasteiger partial charge in [0, 0.05) is 43.8 Å². The zero-order valence-corrected chi connectivity index (χ0v) is 35.8. The lowest BCUT2D eigenvalue weighted by Gasteiger charge is -2.15. The van der Waals surface area contributed by atoms with Gasteiger partial charge in [-0.3, -0.25) is 0 Å². The average molecular weight is 738 g/mol. The smallest absolute Gasteiger partial charge is 0.165 e. The molecule has 0 amide bonds. The molecule has 5 heterocycles.